The second-order valence-corrected chi connectivity index (χ2v) is 5.60. The number of amides is 1. The van der Waals surface area contributed by atoms with Crippen molar-refractivity contribution in [1.82, 2.24) is 5.32 Å². The fourth-order valence-electron chi connectivity index (χ4n) is 1.84. The Morgan fingerprint density at radius 1 is 1.19 bits per heavy atom. The summed E-state index contributed by atoms with van der Waals surface area (Å²) in [5.74, 6) is 1.06. The van der Waals surface area contributed by atoms with Gasteiger partial charge in [0.2, 0.25) is 0 Å². The molecule has 2 aromatic rings. The van der Waals surface area contributed by atoms with Gasteiger partial charge in [0, 0.05) is 18.0 Å². The maximum Gasteiger partial charge on any atom is 0.251 e. The van der Waals surface area contributed by atoms with Gasteiger partial charge in [-0.15, -0.1) is 11.6 Å². The Labute approximate surface area is 137 Å². The lowest BCUT2D eigenvalue weighted by Gasteiger charge is -2.08. The van der Waals surface area contributed by atoms with Crippen molar-refractivity contribution < 1.29 is 9.53 Å². The summed E-state index contributed by atoms with van der Waals surface area (Å²) in [7, 11) is 1.59. The molecular weight excluding hydrogens is 354 g/mol. The van der Waals surface area contributed by atoms with E-state index in [2.05, 4.69) is 21.2 Å². The van der Waals surface area contributed by atoms with Gasteiger partial charge in [-0.2, -0.15) is 0 Å². The summed E-state index contributed by atoms with van der Waals surface area (Å²) in [6.07, 6.45) is 0. The second kappa shape index (κ2) is 7.48. The monoisotopic (exact) mass is 367 g/mol. The van der Waals surface area contributed by atoms with E-state index in [0.29, 0.717) is 23.7 Å². The van der Waals surface area contributed by atoms with Crippen molar-refractivity contribution in [2.24, 2.45) is 0 Å². The molecular formula is C16H15BrClNO2. The Morgan fingerprint density at radius 3 is 2.43 bits per heavy atom. The maximum atomic E-state index is 12.1. The molecule has 2 aromatic carbocycles. The number of hydrogen-bond acceptors (Lipinski definition) is 2. The predicted molar refractivity (Wildman–Crippen MR) is 87.9 cm³/mol. The Morgan fingerprint density at radius 2 is 1.86 bits per heavy atom. The molecule has 0 aliphatic rings. The summed E-state index contributed by atoms with van der Waals surface area (Å²) in [6.45, 7) is 0.477. The van der Waals surface area contributed by atoms with E-state index in [9.17, 15) is 4.79 Å². The van der Waals surface area contributed by atoms with Crippen LogP contribution in [0.25, 0.3) is 0 Å². The molecule has 0 fully saturated rings. The van der Waals surface area contributed by atoms with E-state index >= 15 is 0 Å². The van der Waals surface area contributed by atoms with Gasteiger partial charge in [-0.05, 0) is 45.3 Å². The van der Waals surface area contributed by atoms with Crippen molar-refractivity contribution >= 4 is 33.4 Å². The van der Waals surface area contributed by atoms with Crippen LogP contribution in [0.15, 0.2) is 46.9 Å². The Balaban J connectivity index is 1.99. The van der Waals surface area contributed by atoms with E-state index in [-0.39, 0.29) is 5.91 Å². The van der Waals surface area contributed by atoms with Gasteiger partial charge >= 0.3 is 0 Å². The zero-order valence-electron chi connectivity index (χ0n) is 11.5. The maximum absolute atomic E-state index is 12.1. The molecule has 0 atom stereocenters. The van der Waals surface area contributed by atoms with Crippen molar-refractivity contribution in [3.05, 3.63) is 63.6 Å². The first kappa shape index (κ1) is 15.9. The smallest absolute Gasteiger partial charge is 0.251 e. The highest BCUT2D eigenvalue weighted by molar-refractivity contribution is 9.10. The second-order valence-electron chi connectivity index (χ2n) is 4.48. The van der Waals surface area contributed by atoms with Gasteiger partial charge in [0.1, 0.15) is 5.75 Å². The Bertz CT molecular complexity index is 629. The van der Waals surface area contributed by atoms with Crippen molar-refractivity contribution in [2.75, 3.05) is 7.11 Å². The lowest BCUT2D eigenvalue weighted by molar-refractivity contribution is 0.0951. The molecule has 2 rings (SSSR count). The van der Waals surface area contributed by atoms with Crippen LogP contribution in [0.5, 0.6) is 5.75 Å². The third-order valence-corrected chi connectivity index (χ3v) is 3.97. The van der Waals surface area contributed by atoms with Crippen LogP contribution >= 0.6 is 27.5 Å². The van der Waals surface area contributed by atoms with Crippen LogP contribution < -0.4 is 10.1 Å². The number of ether oxygens (including phenoxy) is 1. The molecule has 5 heteroatoms. The van der Waals surface area contributed by atoms with Crippen LogP contribution in [-0.4, -0.2) is 13.0 Å². The zero-order chi connectivity index (χ0) is 15.2. The fourth-order valence-corrected chi connectivity index (χ4v) is 2.56. The van der Waals surface area contributed by atoms with Crippen LogP contribution in [0, 0.1) is 0 Å². The van der Waals surface area contributed by atoms with Gasteiger partial charge in [-0.3, -0.25) is 4.79 Å². The third-order valence-electron chi connectivity index (χ3n) is 3.04. The molecule has 0 bridgehead atoms. The van der Waals surface area contributed by atoms with Crippen LogP contribution in [0.2, 0.25) is 0 Å². The molecule has 0 spiro atoms. The van der Waals surface area contributed by atoms with E-state index in [4.69, 9.17) is 16.3 Å². The van der Waals surface area contributed by atoms with Crippen LogP contribution in [-0.2, 0) is 12.4 Å². The SMILES string of the molecule is COc1ccc(C(=O)NCc2ccc(CCl)cc2)cc1Br. The molecule has 0 saturated carbocycles. The molecule has 3 nitrogen and oxygen atoms in total. The highest BCUT2D eigenvalue weighted by Crippen LogP contribution is 2.25. The topological polar surface area (TPSA) is 38.3 Å². The number of methoxy groups -OCH3 is 1. The minimum absolute atomic E-state index is 0.125. The van der Waals surface area contributed by atoms with Crippen molar-refractivity contribution in [3.63, 3.8) is 0 Å². The number of benzene rings is 2. The first-order valence-corrected chi connectivity index (χ1v) is 7.72. The largest absolute Gasteiger partial charge is 0.496 e. The predicted octanol–water partition coefficient (Wildman–Crippen LogP) is 4.13. The normalized spacial score (nSPS) is 10.2. The number of hydrogen-bond donors (Lipinski definition) is 1. The number of rotatable bonds is 5. The first-order chi connectivity index (χ1) is 10.1. The van der Waals surface area contributed by atoms with E-state index in [1.165, 1.54) is 0 Å². The highest BCUT2D eigenvalue weighted by Gasteiger charge is 2.08. The summed E-state index contributed by atoms with van der Waals surface area (Å²) in [6, 6.07) is 13.1. The van der Waals surface area contributed by atoms with E-state index < -0.39 is 0 Å². The molecule has 0 heterocycles. The quantitative estimate of drug-likeness (QED) is 0.806. The molecule has 1 amide bonds. The standard InChI is InChI=1S/C16H15BrClNO2/c1-21-15-7-6-13(8-14(15)17)16(20)19-10-12-4-2-11(9-18)3-5-12/h2-8H,9-10H2,1H3,(H,19,20). The molecule has 0 aliphatic heterocycles. The average Bonchev–Trinajstić information content (AvgIpc) is 2.53. The molecule has 0 saturated heterocycles. The zero-order valence-corrected chi connectivity index (χ0v) is 13.9. The lowest BCUT2D eigenvalue weighted by atomic mass is 10.1. The van der Waals surface area contributed by atoms with Crippen molar-refractivity contribution in [3.8, 4) is 5.75 Å². The average molecular weight is 369 g/mol. The van der Waals surface area contributed by atoms with Crippen LogP contribution in [0.1, 0.15) is 21.5 Å². The van der Waals surface area contributed by atoms with Gasteiger partial charge in [0.25, 0.3) is 5.91 Å². The molecule has 1 N–H and O–H groups in total. The fraction of sp³-hybridized carbons (Fsp3) is 0.188. The van der Waals surface area contributed by atoms with Gasteiger partial charge in [0.15, 0.2) is 0 Å². The number of nitrogens with one attached hydrogen (secondary N) is 1. The number of halogens is 2. The van der Waals surface area contributed by atoms with Crippen LogP contribution in [0.3, 0.4) is 0 Å². The molecule has 0 aliphatic carbocycles. The van der Waals surface area contributed by atoms with Crippen LogP contribution in [0.4, 0.5) is 0 Å². The van der Waals surface area contributed by atoms with E-state index in [1.807, 2.05) is 24.3 Å². The summed E-state index contributed by atoms with van der Waals surface area (Å²) in [5, 5.41) is 2.88. The molecule has 110 valence electrons. The van der Waals surface area contributed by atoms with E-state index in [0.717, 1.165) is 15.6 Å². The summed E-state index contributed by atoms with van der Waals surface area (Å²) >= 11 is 9.11. The molecule has 21 heavy (non-hydrogen) atoms. The van der Waals surface area contributed by atoms with Gasteiger partial charge in [0.05, 0.1) is 11.6 Å². The number of carbonyl (C=O) groups is 1. The van der Waals surface area contributed by atoms with E-state index in [1.54, 1.807) is 25.3 Å². The molecule has 0 aromatic heterocycles. The molecule has 0 radical (unpaired) electrons. The number of carbonyl (C=O) groups excluding carboxylic acids is 1. The van der Waals surface area contributed by atoms with Gasteiger partial charge in [-0.1, -0.05) is 24.3 Å². The highest BCUT2D eigenvalue weighted by atomic mass is 79.9. The summed E-state index contributed by atoms with van der Waals surface area (Å²) < 4.78 is 5.90. The minimum Gasteiger partial charge on any atom is -0.496 e. The summed E-state index contributed by atoms with van der Waals surface area (Å²) in [5.41, 5.74) is 2.68. The number of alkyl halides is 1. The minimum atomic E-state index is -0.125. The van der Waals surface area contributed by atoms with Gasteiger partial charge in [-0.25, -0.2) is 0 Å². The Hall–Kier alpha value is -1.52. The van der Waals surface area contributed by atoms with Crippen molar-refractivity contribution in [2.45, 2.75) is 12.4 Å². The molecule has 0 unspecified atom stereocenters. The summed E-state index contributed by atoms with van der Waals surface area (Å²) in [4.78, 5) is 12.1. The lowest BCUT2D eigenvalue weighted by Crippen LogP contribution is -2.22. The van der Waals surface area contributed by atoms with Gasteiger partial charge < -0.3 is 10.1 Å². The first-order valence-electron chi connectivity index (χ1n) is 6.39. The van der Waals surface area contributed by atoms with Crippen molar-refractivity contribution in [1.29, 1.82) is 0 Å². The Kier molecular flexibility index (Phi) is 5.65. The third kappa shape index (κ3) is 4.22.